The van der Waals surface area contributed by atoms with Crippen LogP contribution in [0.5, 0.6) is 0 Å². The lowest BCUT2D eigenvalue weighted by Crippen LogP contribution is -2.29. The van der Waals surface area contributed by atoms with E-state index in [9.17, 15) is 14.2 Å². The number of phosphoric ester groups is 1. The molecule has 0 fully saturated rings. The molecule has 48 heavy (non-hydrogen) atoms. The number of hydrogen-bond donors (Lipinski definition) is 2. The molecule has 284 valence electrons. The third kappa shape index (κ3) is 37.6. The van der Waals surface area contributed by atoms with Gasteiger partial charge in [0.2, 0.25) is 0 Å². The summed E-state index contributed by atoms with van der Waals surface area (Å²) in [6.07, 6.45) is 37.9. The van der Waals surface area contributed by atoms with Gasteiger partial charge in [-0.25, -0.2) is 4.57 Å². The molecule has 8 nitrogen and oxygen atoms in total. The fourth-order valence-corrected chi connectivity index (χ4v) is 6.14. The van der Waals surface area contributed by atoms with E-state index in [0.29, 0.717) is 6.42 Å². The van der Waals surface area contributed by atoms with E-state index in [1.807, 2.05) is 0 Å². The monoisotopic (exact) mass is 703 g/mol. The lowest BCUT2D eigenvalue weighted by Gasteiger charge is -2.18. The van der Waals surface area contributed by atoms with Gasteiger partial charge in [-0.1, -0.05) is 167 Å². The fourth-order valence-electron chi connectivity index (χ4n) is 5.78. The predicted molar refractivity (Wildman–Crippen MR) is 198 cm³/mol. The van der Waals surface area contributed by atoms with Crippen LogP contribution < -0.4 is 0 Å². The van der Waals surface area contributed by atoms with Crippen LogP contribution >= 0.6 is 7.82 Å². The van der Waals surface area contributed by atoms with Crippen molar-refractivity contribution in [2.24, 2.45) is 0 Å². The minimum atomic E-state index is -4.75. The molecule has 9 heteroatoms. The molecule has 2 N–H and O–H groups in total. The summed E-state index contributed by atoms with van der Waals surface area (Å²) in [7, 11) is -4.75. The molecule has 1 atom stereocenters. The molecule has 0 aliphatic rings. The molecule has 0 radical (unpaired) electrons. The van der Waals surface area contributed by atoms with Crippen LogP contribution in [-0.2, 0) is 28.2 Å². The van der Waals surface area contributed by atoms with E-state index in [2.05, 4.69) is 30.5 Å². The van der Waals surface area contributed by atoms with Crippen molar-refractivity contribution in [1.29, 1.82) is 0 Å². The minimum Gasteiger partial charge on any atom is -0.462 e. The molecular weight excluding hydrogens is 627 g/mol. The second-order valence-corrected chi connectivity index (χ2v) is 14.9. The molecule has 0 amide bonds. The maximum absolute atomic E-state index is 12.4. The SMILES string of the molecule is CCCCCCCCC/C=C\CCCCCCCC(=O)OC[C@H](COP(=O)(O)O)OC(=O)CCCCCCCCCCCCCCCC. The van der Waals surface area contributed by atoms with E-state index in [1.54, 1.807) is 0 Å². The van der Waals surface area contributed by atoms with E-state index in [4.69, 9.17) is 19.3 Å². The van der Waals surface area contributed by atoms with Crippen LogP contribution in [-0.4, -0.2) is 41.0 Å². The highest BCUT2D eigenvalue weighted by molar-refractivity contribution is 7.46. The van der Waals surface area contributed by atoms with Gasteiger partial charge in [0.1, 0.15) is 6.61 Å². The molecule has 0 aromatic carbocycles. The van der Waals surface area contributed by atoms with Gasteiger partial charge in [-0.3, -0.25) is 14.1 Å². The molecule has 0 bridgehead atoms. The van der Waals surface area contributed by atoms with Gasteiger partial charge in [-0.2, -0.15) is 0 Å². The van der Waals surface area contributed by atoms with Gasteiger partial charge in [0.15, 0.2) is 6.10 Å². The summed E-state index contributed by atoms with van der Waals surface area (Å²) in [5.74, 6) is -0.885. The van der Waals surface area contributed by atoms with Crippen LogP contribution in [0.2, 0.25) is 0 Å². The van der Waals surface area contributed by atoms with Crippen LogP contribution in [0.1, 0.15) is 206 Å². The summed E-state index contributed by atoms with van der Waals surface area (Å²) >= 11 is 0. The van der Waals surface area contributed by atoms with E-state index < -0.39 is 32.5 Å². The Morgan fingerprint density at radius 1 is 0.521 bits per heavy atom. The average molecular weight is 703 g/mol. The van der Waals surface area contributed by atoms with Crippen LogP contribution in [0, 0.1) is 0 Å². The Morgan fingerprint density at radius 2 is 0.875 bits per heavy atom. The Morgan fingerprint density at radius 3 is 1.27 bits per heavy atom. The largest absolute Gasteiger partial charge is 0.469 e. The minimum absolute atomic E-state index is 0.216. The number of carbonyl (C=O) groups is 2. The highest BCUT2D eigenvalue weighted by Crippen LogP contribution is 2.36. The normalized spacial score (nSPS) is 12.5. The van der Waals surface area contributed by atoms with Gasteiger partial charge in [0.25, 0.3) is 0 Å². The third-order valence-electron chi connectivity index (χ3n) is 8.78. The number of hydrogen-bond acceptors (Lipinski definition) is 6. The van der Waals surface area contributed by atoms with Crippen molar-refractivity contribution in [2.75, 3.05) is 13.2 Å². The number of unbranched alkanes of at least 4 members (excludes halogenated alkanes) is 25. The zero-order valence-corrected chi connectivity index (χ0v) is 32.0. The maximum Gasteiger partial charge on any atom is 0.469 e. The van der Waals surface area contributed by atoms with Crippen molar-refractivity contribution in [2.45, 2.75) is 213 Å². The van der Waals surface area contributed by atoms with Crippen molar-refractivity contribution < 1.29 is 37.9 Å². The molecule has 0 saturated heterocycles. The molecule has 0 unspecified atom stereocenters. The smallest absolute Gasteiger partial charge is 0.462 e. The number of rotatable bonds is 37. The number of ether oxygens (including phenoxy) is 2. The Hall–Kier alpha value is -1.21. The van der Waals surface area contributed by atoms with Crippen molar-refractivity contribution in [3.8, 4) is 0 Å². The third-order valence-corrected chi connectivity index (χ3v) is 9.27. The summed E-state index contributed by atoms with van der Waals surface area (Å²) in [4.78, 5) is 42.7. The molecule has 0 aromatic heterocycles. The van der Waals surface area contributed by atoms with Gasteiger partial charge in [0, 0.05) is 12.8 Å². The Balaban J connectivity index is 3.92. The number of esters is 2. The van der Waals surface area contributed by atoms with Crippen molar-refractivity contribution in [3.63, 3.8) is 0 Å². The highest BCUT2D eigenvalue weighted by atomic mass is 31.2. The quantitative estimate of drug-likeness (QED) is 0.0284. The topological polar surface area (TPSA) is 119 Å². The molecule has 0 heterocycles. The first-order valence-corrected chi connectivity index (χ1v) is 21.5. The first kappa shape index (κ1) is 46.8. The number of allylic oxidation sites excluding steroid dienone is 2. The summed E-state index contributed by atoms with van der Waals surface area (Å²) < 4.78 is 26.3. The summed E-state index contributed by atoms with van der Waals surface area (Å²) in [6.45, 7) is 3.68. The molecule has 0 aliphatic heterocycles. The fraction of sp³-hybridized carbons (Fsp3) is 0.897. The van der Waals surface area contributed by atoms with E-state index in [0.717, 1.165) is 57.8 Å². The molecule has 0 aromatic rings. The molecule has 0 aliphatic carbocycles. The van der Waals surface area contributed by atoms with Gasteiger partial charge in [0.05, 0.1) is 6.61 Å². The van der Waals surface area contributed by atoms with Crippen LogP contribution in [0.3, 0.4) is 0 Å². The van der Waals surface area contributed by atoms with Crippen LogP contribution in [0.25, 0.3) is 0 Å². The van der Waals surface area contributed by atoms with E-state index in [-0.39, 0.29) is 19.4 Å². The number of carbonyl (C=O) groups excluding carboxylic acids is 2. The zero-order valence-electron chi connectivity index (χ0n) is 31.2. The molecule has 0 rings (SSSR count). The second kappa shape index (κ2) is 35.6. The Kier molecular flexibility index (Phi) is 34.7. The van der Waals surface area contributed by atoms with Crippen LogP contribution in [0.15, 0.2) is 12.2 Å². The number of phosphoric acid groups is 1. The Labute approximate surface area is 295 Å². The van der Waals surface area contributed by atoms with E-state index >= 15 is 0 Å². The Bertz CT molecular complexity index is 797. The summed E-state index contributed by atoms with van der Waals surface area (Å²) in [5.41, 5.74) is 0. The average Bonchev–Trinajstić information content (AvgIpc) is 3.05. The predicted octanol–water partition coefficient (Wildman–Crippen LogP) is 11.8. The van der Waals surface area contributed by atoms with Gasteiger partial charge in [-0.15, -0.1) is 0 Å². The lowest BCUT2D eigenvalue weighted by molar-refractivity contribution is -0.161. The van der Waals surface area contributed by atoms with E-state index in [1.165, 1.54) is 116 Å². The summed E-state index contributed by atoms with van der Waals surface area (Å²) in [6, 6.07) is 0. The highest BCUT2D eigenvalue weighted by Gasteiger charge is 2.22. The maximum atomic E-state index is 12.4. The first-order valence-electron chi connectivity index (χ1n) is 20.0. The standard InChI is InChI=1S/C39H75O8P/c1-3-5-7-9-11-13-15-17-19-20-22-23-25-27-29-31-33-38(40)45-35-37(36-46-48(42,43)44)47-39(41)34-32-30-28-26-24-21-18-16-14-12-10-8-6-4-2/h19-20,37H,3-18,21-36H2,1-2H3,(H2,42,43,44)/b20-19-/t37-/m1/s1. The first-order chi connectivity index (χ1) is 23.3. The van der Waals surface area contributed by atoms with Crippen LogP contribution in [0.4, 0.5) is 0 Å². The zero-order chi connectivity index (χ0) is 35.4. The van der Waals surface area contributed by atoms with Gasteiger partial charge >= 0.3 is 19.8 Å². The molecule has 0 spiro atoms. The van der Waals surface area contributed by atoms with Crippen molar-refractivity contribution >= 4 is 19.8 Å². The van der Waals surface area contributed by atoms with Gasteiger partial charge < -0.3 is 19.3 Å². The van der Waals surface area contributed by atoms with Gasteiger partial charge in [-0.05, 0) is 38.5 Å². The molecular formula is C39H75O8P. The molecule has 0 saturated carbocycles. The van der Waals surface area contributed by atoms with Crippen molar-refractivity contribution in [1.82, 2.24) is 0 Å². The van der Waals surface area contributed by atoms with Crippen molar-refractivity contribution in [3.05, 3.63) is 12.2 Å². The second-order valence-electron chi connectivity index (χ2n) is 13.6. The summed E-state index contributed by atoms with van der Waals surface area (Å²) in [5, 5.41) is 0. The lowest BCUT2D eigenvalue weighted by atomic mass is 10.0.